The van der Waals surface area contributed by atoms with Crippen molar-refractivity contribution in [2.75, 3.05) is 32.8 Å². The topological polar surface area (TPSA) is 87.2 Å². The maximum atomic E-state index is 12.4. The maximum Gasteiger partial charge on any atom is 0.329 e. The standard InChI is InChI=1S/C12H22N2O5S/c1-10-4-3-5-13(6-10)20(17,18)14-8-12(2,9-14)19-7-11(15)16/h10H,3-9H2,1-2H3,(H,15,16). The van der Waals surface area contributed by atoms with Gasteiger partial charge >= 0.3 is 5.97 Å². The van der Waals surface area contributed by atoms with Crippen molar-refractivity contribution in [1.29, 1.82) is 0 Å². The van der Waals surface area contributed by atoms with E-state index in [0.717, 1.165) is 12.8 Å². The number of rotatable bonds is 5. The molecule has 1 atom stereocenters. The quantitative estimate of drug-likeness (QED) is 0.780. The van der Waals surface area contributed by atoms with Gasteiger partial charge in [-0.2, -0.15) is 17.0 Å². The van der Waals surface area contributed by atoms with Crippen molar-refractivity contribution < 1.29 is 23.1 Å². The summed E-state index contributed by atoms with van der Waals surface area (Å²) < 4.78 is 33.0. The molecular weight excluding hydrogens is 284 g/mol. The fourth-order valence-corrected chi connectivity index (χ4v) is 4.71. The minimum atomic E-state index is -3.43. The Labute approximate surface area is 119 Å². The van der Waals surface area contributed by atoms with E-state index in [1.54, 1.807) is 6.92 Å². The summed E-state index contributed by atoms with van der Waals surface area (Å²) in [5, 5.41) is 8.59. The lowest BCUT2D eigenvalue weighted by molar-refractivity contribution is -0.157. The van der Waals surface area contributed by atoms with Crippen molar-refractivity contribution in [2.24, 2.45) is 5.92 Å². The minimum absolute atomic E-state index is 0.216. The van der Waals surface area contributed by atoms with E-state index >= 15 is 0 Å². The number of carbonyl (C=O) groups is 1. The molecule has 0 amide bonds. The van der Waals surface area contributed by atoms with Crippen molar-refractivity contribution in [2.45, 2.75) is 32.3 Å². The van der Waals surface area contributed by atoms with E-state index in [4.69, 9.17) is 9.84 Å². The Morgan fingerprint density at radius 2 is 2.05 bits per heavy atom. The molecule has 0 aromatic rings. The lowest BCUT2D eigenvalue weighted by Crippen LogP contribution is -2.66. The summed E-state index contributed by atoms with van der Waals surface area (Å²) in [5.41, 5.74) is -0.688. The van der Waals surface area contributed by atoms with Crippen molar-refractivity contribution >= 4 is 16.2 Å². The van der Waals surface area contributed by atoms with Gasteiger partial charge in [0.2, 0.25) is 0 Å². The van der Waals surface area contributed by atoms with Crippen LogP contribution < -0.4 is 0 Å². The molecule has 1 unspecified atom stereocenters. The summed E-state index contributed by atoms with van der Waals surface area (Å²) >= 11 is 0. The smallest absolute Gasteiger partial charge is 0.329 e. The van der Waals surface area contributed by atoms with Gasteiger partial charge in [0.25, 0.3) is 10.2 Å². The third kappa shape index (κ3) is 3.30. The van der Waals surface area contributed by atoms with Crippen molar-refractivity contribution in [1.82, 2.24) is 8.61 Å². The summed E-state index contributed by atoms with van der Waals surface area (Å²) in [6, 6.07) is 0. The molecule has 116 valence electrons. The van der Waals surface area contributed by atoms with Gasteiger partial charge in [-0.25, -0.2) is 4.79 Å². The molecule has 2 saturated heterocycles. The van der Waals surface area contributed by atoms with E-state index in [0.29, 0.717) is 19.0 Å². The van der Waals surface area contributed by atoms with Gasteiger partial charge in [-0.1, -0.05) is 6.92 Å². The summed E-state index contributed by atoms with van der Waals surface area (Å²) in [6.07, 6.45) is 1.95. The highest BCUT2D eigenvalue weighted by atomic mass is 32.2. The van der Waals surface area contributed by atoms with Gasteiger partial charge in [-0.15, -0.1) is 0 Å². The third-order valence-electron chi connectivity index (χ3n) is 3.84. The fraction of sp³-hybridized carbons (Fsp3) is 0.917. The zero-order valence-electron chi connectivity index (χ0n) is 11.9. The second-order valence-electron chi connectivity index (χ2n) is 6.01. The highest BCUT2D eigenvalue weighted by Gasteiger charge is 2.48. The summed E-state index contributed by atoms with van der Waals surface area (Å²) in [6.45, 7) is 4.95. The van der Waals surface area contributed by atoms with E-state index < -0.39 is 28.4 Å². The normalized spacial score (nSPS) is 28.0. The van der Waals surface area contributed by atoms with Gasteiger partial charge in [-0.05, 0) is 25.7 Å². The van der Waals surface area contributed by atoms with Crippen LogP contribution in [0, 0.1) is 5.92 Å². The van der Waals surface area contributed by atoms with Gasteiger partial charge in [0, 0.05) is 26.2 Å². The monoisotopic (exact) mass is 306 g/mol. The minimum Gasteiger partial charge on any atom is -0.480 e. The average Bonchev–Trinajstić information content (AvgIpc) is 2.33. The molecule has 0 aromatic carbocycles. The Morgan fingerprint density at radius 3 is 2.60 bits per heavy atom. The Hall–Kier alpha value is -0.700. The van der Waals surface area contributed by atoms with E-state index in [-0.39, 0.29) is 13.1 Å². The van der Waals surface area contributed by atoms with Crippen LogP contribution in [0.3, 0.4) is 0 Å². The molecule has 2 fully saturated rings. The molecule has 2 aliphatic rings. The van der Waals surface area contributed by atoms with Crippen LogP contribution in [0.15, 0.2) is 0 Å². The lowest BCUT2D eigenvalue weighted by Gasteiger charge is -2.48. The van der Waals surface area contributed by atoms with E-state index in [9.17, 15) is 13.2 Å². The predicted molar refractivity (Wildman–Crippen MR) is 72.5 cm³/mol. The lowest BCUT2D eigenvalue weighted by atomic mass is 10.0. The van der Waals surface area contributed by atoms with Crippen LogP contribution in [0.5, 0.6) is 0 Å². The molecule has 2 rings (SSSR count). The molecular formula is C12H22N2O5S. The van der Waals surface area contributed by atoms with Crippen LogP contribution in [-0.4, -0.2) is 66.5 Å². The number of carboxylic acids is 1. The molecule has 8 heteroatoms. The van der Waals surface area contributed by atoms with Crippen LogP contribution in [0.4, 0.5) is 0 Å². The Kier molecular flexibility index (Phi) is 4.38. The van der Waals surface area contributed by atoms with Gasteiger partial charge in [0.1, 0.15) is 6.61 Å². The second-order valence-corrected chi connectivity index (χ2v) is 7.94. The number of ether oxygens (including phenoxy) is 1. The first-order valence-corrected chi connectivity index (χ1v) is 8.24. The second kappa shape index (κ2) is 5.59. The van der Waals surface area contributed by atoms with Crippen molar-refractivity contribution in [3.8, 4) is 0 Å². The van der Waals surface area contributed by atoms with Gasteiger partial charge < -0.3 is 9.84 Å². The highest BCUT2D eigenvalue weighted by Crippen LogP contribution is 2.30. The number of aliphatic carboxylic acids is 1. The summed E-state index contributed by atoms with van der Waals surface area (Å²) in [4.78, 5) is 10.5. The molecule has 7 nitrogen and oxygen atoms in total. The zero-order valence-corrected chi connectivity index (χ0v) is 12.7. The van der Waals surface area contributed by atoms with Gasteiger partial charge in [0.05, 0.1) is 5.60 Å². The number of piperidine rings is 1. The molecule has 2 heterocycles. The van der Waals surface area contributed by atoms with Crippen LogP contribution >= 0.6 is 0 Å². The highest BCUT2D eigenvalue weighted by molar-refractivity contribution is 7.86. The first-order valence-electron chi connectivity index (χ1n) is 6.84. The summed E-state index contributed by atoms with van der Waals surface area (Å²) in [5.74, 6) is -0.660. The maximum absolute atomic E-state index is 12.4. The molecule has 2 aliphatic heterocycles. The molecule has 1 N–H and O–H groups in total. The Morgan fingerprint density at radius 1 is 1.40 bits per heavy atom. The fourth-order valence-electron chi connectivity index (χ4n) is 2.71. The molecule has 0 bridgehead atoms. The van der Waals surface area contributed by atoms with Crippen LogP contribution in [0.2, 0.25) is 0 Å². The predicted octanol–water partition coefficient (Wildman–Crippen LogP) is 0.139. The molecule has 0 spiro atoms. The molecule has 0 aromatic heterocycles. The first kappa shape index (κ1) is 15.7. The first-order chi connectivity index (χ1) is 9.23. The van der Waals surface area contributed by atoms with Crippen LogP contribution in [-0.2, 0) is 19.7 Å². The SMILES string of the molecule is CC1CCCN(S(=O)(=O)N2CC(C)(OCC(=O)O)C2)C1. The van der Waals surface area contributed by atoms with Crippen molar-refractivity contribution in [3.05, 3.63) is 0 Å². The van der Waals surface area contributed by atoms with Crippen LogP contribution in [0.25, 0.3) is 0 Å². The van der Waals surface area contributed by atoms with E-state index in [2.05, 4.69) is 6.92 Å². The Bertz CT molecular complexity index is 472. The summed E-state index contributed by atoms with van der Waals surface area (Å²) in [7, 11) is -3.43. The van der Waals surface area contributed by atoms with E-state index in [1.165, 1.54) is 8.61 Å². The number of nitrogens with zero attached hydrogens (tertiary/aromatic N) is 2. The number of hydrogen-bond acceptors (Lipinski definition) is 4. The van der Waals surface area contributed by atoms with Gasteiger partial charge in [0.15, 0.2) is 0 Å². The molecule has 0 radical (unpaired) electrons. The van der Waals surface area contributed by atoms with Gasteiger partial charge in [-0.3, -0.25) is 0 Å². The zero-order chi connectivity index (χ0) is 15.0. The van der Waals surface area contributed by atoms with Crippen molar-refractivity contribution in [3.63, 3.8) is 0 Å². The third-order valence-corrected chi connectivity index (χ3v) is 5.73. The Balaban J connectivity index is 1.91. The molecule has 0 aliphatic carbocycles. The molecule has 20 heavy (non-hydrogen) atoms. The van der Waals surface area contributed by atoms with E-state index in [1.807, 2.05) is 0 Å². The average molecular weight is 306 g/mol. The molecule has 0 saturated carbocycles. The number of hydrogen-bond donors (Lipinski definition) is 1. The van der Waals surface area contributed by atoms with Crippen LogP contribution in [0.1, 0.15) is 26.7 Å². The largest absolute Gasteiger partial charge is 0.480 e. The number of carboxylic acid groups (broad SMARTS) is 1.